The molecule has 11 heteroatoms. The first-order chi connectivity index (χ1) is 13.7. The first kappa shape index (κ1) is 20.2. The standard InChI is InChI=1S/C18H16F3N5O3/c19-18(20,21)12-5-3-4-11(8-12)13-9-14(24-10-23-13)15(22)26(17(28)29)16(27)25-6-1-2-7-25/h3-5,8-10,22H,1-2,6-7H2,(H,28,29)/p+1. The number of likely N-dealkylation sites (tertiary alicyclic amines) is 1. The van der Waals surface area contributed by atoms with Crippen molar-refractivity contribution in [1.29, 1.82) is 5.41 Å². The van der Waals surface area contributed by atoms with Crippen molar-refractivity contribution in [2.24, 2.45) is 0 Å². The number of nitrogens with one attached hydrogen (secondary N) is 1. The average Bonchev–Trinajstić information content (AvgIpc) is 3.22. The molecule has 0 atom stereocenters. The second kappa shape index (κ2) is 7.86. The molecule has 152 valence electrons. The van der Waals surface area contributed by atoms with Gasteiger partial charge in [-0.25, -0.2) is 14.8 Å². The van der Waals surface area contributed by atoms with Gasteiger partial charge in [-0.05, 0) is 31.0 Å². The zero-order valence-corrected chi connectivity index (χ0v) is 15.0. The highest BCUT2D eigenvalue weighted by Gasteiger charge is 2.37. The number of halogens is 3. The molecule has 0 unspecified atom stereocenters. The number of rotatable bonds is 2. The highest BCUT2D eigenvalue weighted by molar-refractivity contribution is 6.14. The van der Waals surface area contributed by atoms with Crippen molar-refractivity contribution in [2.75, 3.05) is 13.1 Å². The van der Waals surface area contributed by atoms with Gasteiger partial charge in [-0.1, -0.05) is 12.1 Å². The summed E-state index contributed by atoms with van der Waals surface area (Å²) in [4.78, 5) is 33.7. The van der Waals surface area contributed by atoms with Gasteiger partial charge in [0.15, 0.2) is 5.84 Å². The van der Waals surface area contributed by atoms with E-state index in [1.807, 2.05) is 0 Å². The summed E-state index contributed by atoms with van der Waals surface area (Å²) in [5.41, 5.74) is -0.819. The van der Waals surface area contributed by atoms with Crippen LogP contribution < -0.4 is 0 Å². The van der Waals surface area contributed by atoms with Crippen molar-refractivity contribution in [3.05, 3.63) is 47.9 Å². The Morgan fingerprint density at radius 3 is 2.45 bits per heavy atom. The van der Waals surface area contributed by atoms with Crippen LogP contribution in [0.3, 0.4) is 0 Å². The molecule has 2 aromatic rings. The lowest BCUT2D eigenvalue weighted by atomic mass is 10.1. The molecular formula is C18H17F3N5O3+. The number of benzene rings is 1. The molecule has 0 bridgehead atoms. The molecule has 0 radical (unpaired) electrons. The molecule has 29 heavy (non-hydrogen) atoms. The predicted molar refractivity (Wildman–Crippen MR) is 96.4 cm³/mol. The Morgan fingerprint density at radius 2 is 1.83 bits per heavy atom. The Labute approximate surface area is 163 Å². The summed E-state index contributed by atoms with van der Waals surface area (Å²) >= 11 is 0. The fourth-order valence-electron chi connectivity index (χ4n) is 2.95. The van der Waals surface area contributed by atoms with Crippen LogP contribution in [0.4, 0.5) is 22.8 Å². The summed E-state index contributed by atoms with van der Waals surface area (Å²) < 4.78 is 38.8. The third-order valence-electron chi connectivity index (χ3n) is 4.39. The van der Waals surface area contributed by atoms with Gasteiger partial charge in [-0.2, -0.15) is 13.2 Å². The number of amidine groups is 1. The molecule has 0 spiro atoms. The monoisotopic (exact) mass is 408 g/mol. The smallest absolute Gasteiger partial charge is 0.546 e. The van der Waals surface area contributed by atoms with Crippen LogP contribution in [0.15, 0.2) is 36.7 Å². The Balaban J connectivity index is 1.92. The third kappa shape index (κ3) is 4.33. The van der Waals surface area contributed by atoms with E-state index in [2.05, 4.69) is 9.97 Å². The van der Waals surface area contributed by atoms with Gasteiger partial charge < -0.3 is 10.0 Å². The van der Waals surface area contributed by atoms with E-state index in [9.17, 15) is 22.8 Å². The Morgan fingerprint density at radius 1 is 1.14 bits per heavy atom. The summed E-state index contributed by atoms with van der Waals surface area (Å²) in [6.45, 7) is 0.824. The Kier molecular flexibility index (Phi) is 5.48. The van der Waals surface area contributed by atoms with Gasteiger partial charge >= 0.3 is 18.3 Å². The summed E-state index contributed by atoms with van der Waals surface area (Å²) in [6.07, 6.45) is -3.40. The summed E-state index contributed by atoms with van der Waals surface area (Å²) in [5, 5.41) is 15.5. The molecular weight excluding hydrogens is 391 g/mol. The second-order valence-electron chi connectivity index (χ2n) is 6.33. The number of nitrogens with zero attached hydrogens (tertiary/aromatic N) is 4. The molecule has 3 N–H and O–H groups in total. The largest absolute Gasteiger partial charge is 0.643 e. The Hall–Kier alpha value is -3.50. The van der Waals surface area contributed by atoms with E-state index in [0.717, 1.165) is 31.3 Å². The highest BCUT2D eigenvalue weighted by Crippen LogP contribution is 2.31. The van der Waals surface area contributed by atoms with E-state index in [4.69, 9.17) is 10.5 Å². The molecule has 8 nitrogen and oxygen atoms in total. The lowest BCUT2D eigenvalue weighted by Crippen LogP contribution is -2.48. The number of carbonyl (C=O) groups is 2. The van der Waals surface area contributed by atoms with E-state index in [1.165, 1.54) is 23.1 Å². The topological polar surface area (TPSA) is 113 Å². The van der Waals surface area contributed by atoms with Gasteiger partial charge in [-0.15, -0.1) is 4.90 Å². The molecule has 1 aliphatic heterocycles. The van der Waals surface area contributed by atoms with Crippen LogP contribution in [-0.2, 0) is 6.18 Å². The van der Waals surface area contributed by atoms with E-state index in [0.29, 0.717) is 18.0 Å². The maximum absolute atomic E-state index is 12.9. The lowest BCUT2D eigenvalue weighted by Gasteiger charge is -2.21. The van der Waals surface area contributed by atoms with Crippen LogP contribution in [0, 0.1) is 5.41 Å². The normalized spacial score (nSPS) is 14.0. The van der Waals surface area contributed by atoms with E-state index in [1.54, 1.807) is 0 Å². The molecule has 3 amide bonds. The van der Waals surface area contributed by atoms with Crippen LogP contribution in [-0.4, -0.2) is 55.9 Å². The quantitative estimate of drug-likeness (QED) is 0.468. The first-order valence-corrected chi connectivity index (χ1v) is 8.61. The van der Waals surface area contributed by atoms with E-state index >= 15 is 0 Å². The van der Waals surface area contributed by atoms with Gasteiger partial charge in [0.2, 0.25) is 0 Å². The number of hydrogen-bond donors (Lipinski definition) is 1. The Bertz CT molecular complexity index is 958. The van der Waals surface area contributed by atoms with E-state index < -0.39 is 29.7 Å². The first-order valence-electron chi connectivity index (χ1n) is 8.61. The van der Waals surface area contributed by atoms with Crippen LogP contribution in [0.25, 0.3) is 11.3 Å². The fourth-order valence-corrected chi connectivity index (χ4v) is 2.95. The third-order valence-corrected chi connectivity index (χ3v) is 4.39. The minimum atomic E-state index is -4.53. The summed E-state index contributed by atoms with van der Waals surface area (Å²) in [6, 6.07) is 4.86. The second-order valence-corrected chi connectivity index (χ2v) is 6.33. The van der Waals surface area contributed by atoms with Crippen LogP contribution in [0.5, 0.6) is 0 Å². The minimum Gasteiger partial charge on any atom is -0.546 e. The highest BCUT2D eigenvalue weighted by atomic mass is 19.4. The number of carbonyl (C=O) groups excluding carboxylic acids is 2. The van der Waals surface area contributed by atoms with Crippen molar-refractivity contribution in [3.8, 4) is 11.3 Å². The van der Waals surface area contributed by atoms with E-state index in [-0.39, 0.29) is 17.0 Å². The van der Waals surface area contributed by atoms with Crippen molar-refractivity contribution < 1.29 is 27.9 Å². The number of amides is 3. The number of hydrogen-bond acceptors (Lipinski definition) is 5. The maximum Gasteiger partial charge on any atom is 0.643 e. The van der Waals surface area contributed by atoms with Crippen molar-refractivity contribution in [3.63, 3.8) is 0 Å². The molecule has 1 aromatic carbocycles. The van der Waals surface area contributed by atoms with Crippen LogP contribution >= 0.6 is 0 Å². The summed E-state index contributed by atoms with van der Waals surface area (Å²) in [7, 11) is 0. The summed E-state index contributed by atoms with van der Waals surface area (Å²) in [5.74, 6) is -0.641. The average molecular weight is 408 g/mol. The van der Waals surface area contributed by atoms with Crippen molar-refractivity contribution in [2.45, 2.75) is 19.0 Å². The molecule has 1 saturated heterocycles. The molecule has 3 rings (SSSR count). The zero-order valence-electron chi connectivity index (χ0n) is 15.0. The SMILES string of the molecule is N=C(c1cc(-c2cccc(C(F)(F)F)c2)ncn1)N(C(=O)[OH2+])C(=O)N1CCCC1. The van der Waals surface area contributed by atoms with Gasteiger partial charge in [-0.3, -0.25) is 5.41 Å². The molecule has 1 aromatic heterocycles. The lowest BCUT2D eigenvalue weighted by molar-refractivity contribution is -0.137. The number of imide groups is 1. The predicted octanol–water partition coefficient (Wildman–Crippen LogP) is 2.85. The zero-order chi connectivity index (χ0) is 21.2. The van der Waals surface area contributed by atoms with Crippen molar-refractivity contribution >= 4 is 18.0 Å². The number of aromatic nitrogens is 2. The molecule has 0 aliphatic carbocycles. The van der Waals surface area contributed by atoms with Crippen LogP contribution in [0.2, 0.25) is 0 Å². The van der Waals surface area contributed by atoms with Gasteiger partial charge in [0.1, 0.15) is 12.0 Å². The van der Waals surface area contributed by atoms with Crippen LogP contribution in [0.1, 0.15) is 24.1 Å². The van der Waals surface area contributed by atoms with Gasteiger partial charge in [0.25, 0.3) is 0 Å². The maximum atomic E-state index is 12.9. The van der Waals surface area contributed by atoms with Gasteiger partial charge in [0, 0.05) is 18.7 Å². The van der Waals surface area contributed by atoms with Crippen molar-refractivity contribution in [1.82, 2.24) is 19.8 Å². The number of urea groups is 1. The molecule has 1 fully saturated rings. The molecule has 2 heterocycles. The van der Waals surface area contributed by atoms with Gasteiger partial charge in [0.05, 0.1) is 16.1 Å². The fraction of sp³-hybridized carbons (Fsp3) is 0.278. The number of alkyl halides is 3. The minimum absolute atomic E-state index is 0.0804. The molecule has 0 saturated carbocycles. The molecule has 1 aliphatic rings.